The lowest BCUT2D eigenvalue weighted by Gasteiger charge is -2.26. The van der Waals surface area contributed by atoms with Crippen LogP contribution in [0.25, 0.3) is 0 Å². The molecule has 0 saturated heterocycles. The summed E-state index contributed by atoms with van der Waals surface area (Å²) in [6.07, 6.45) is 3.79. The highest BCUT2D eigenvalue weighted by Gasteiger charge is 2.31. The highest BCUT2D eigenvalue weighted by molar-refractivity contribution is 5.87. The van der Waals surface area contributed by atoms with Gasteiger partial charge in [0.1, 0.15) is 6.54 Å². The third-order valence-electron chi connectivity index (χ3n) is 3.78. The second kappa shape index (κ2) is 6.02. The van der Waals surface area contributed by atoms with Crippen molar-refractivity contribution in [3.05, 3.63) is 11.4 Å². The van der Waals surface area contributed by atoms with E-state index >= 15 is 0 Å². The van der Waals surface area contributed by atoms with Gasteiger partial charge in [-0.05, 0) is 26.2 Å². The van der Waals surface area contributed by atoms with Crippen LogP contribution in [0.2, 0.25) is 0 Å². The number of aromatic carboxylic acids is 1. The fourth-order valence-corrected chi connectivity index (χ4v) is 2.23. The number of hydrogen-bond donors (Lipinski definition) is 2. The number of nitrogens with zero attached hydrogens (tertiary/aromatic N) is 3. The van der Waals surface area contributed by atoms with Crippen molar-refractivity contribution in [2.45, 2.75) is 58.0 Å². The zero-order valence-corrected chi connectivity index (χ0v) is 11.8. The standard InChI is InChI=1S/C13H20N4O3/c1-3-8(2)14-10(18)7-17-12(9-5-4-6-9)11(13(19)20)15-16-17/h8-9H,3-7H2,1-2H3,(H,14,18)(H,19,20). The molecule has 20 heavy (non-hydrogen) atoms. The number of carbonyl (C=O) groups is 2. The normalized spacial score (nSPS) is 16.5. The van der Waals surface area contributed by atoms with Crippen molar-refractivity contribution in [1.29, 1.82) is 0 Å². The summed E-state index contributed by atoms with van der Waals surface area (Å²) in [5, 5.41) is 19.5. The molecular formula is C13H20N4O3. The van der Waals surface area contributed by atoms with Gasteiger partial charge in [0.15, 0.2) is 5.69 Å². The van der Waals surface area contributed by atoms with E-state index < -0.39 is 5.97 Å². The topological polar surface area (TPSA) is 97.1 Å². The van der Waals surface area contributed by atoms with Gasteiger partial charge in [-0.2, -0.15) is 0 Å². The molecule has 1 atom stereocenters. The van der Waals surface area contributed by atoms with E-state index in [0.717, 1.165) is 25.7 Å². The summed E-state index contributed by atoms with van der Waals surface area (Å²) in [6.45, 7) is 3.94. The molecule has 7 heteroatoms. The Labute approximate surface area is 117 Å². The Morgan fingerprint density at radius 2 is 2.20 bits per heavy atom. The van der Waals surface area contributed by atoms with Crippen molar-refractivity contribution in [3.8, 4) is 0 Å². The van der Waals surface area contributed by atoms with Crippen molar-refractivity contribution in [3.63, 3.8) is 0 Å². The molecular weight excluding hydrogens is 260 g/mol. The Bertz CT molecular complexity index is 508. The minimum atomic E-state index is -1.08. The summed E-state index contributed by atoms with van der Waals surface area (Å²) in [7, 11) is 0. The van der Waals surface area contributed by atoms with Crippen LogP contribution in [0.4, 0.5) is 0 Å². The maximum atomic E-state index is 11.9. The minimum Gasteiger partial charge on any atom is -0.476 e. The second-order valence-electron chi connectivity index (χ2n) is 5.29. The maximum Gasteiger partial charge on any atom is 0.358 e. The van der Waals surface area contributed by atoms with Crippen molar-refractivity contribution in [2.75, 3.05) is 0 Å². The van der Waals surface area contributed by atoms with E-state index in [4.69, 9.17) is 5.11 Å². The third kappa shape index (κ3) is 2.97. The molecule has 1 aliphatic carbocycles. The van der Waals surface area contributed by atoms with Gasteiger partial charge in [-0.3, -0.25) is 4.79 Å². The van der Waals surface area contributed by atoms with Gasteiger partial charge in [0.05, 0.1) is 5.69 Å². The molecule has 1 amide bonds. The number of nitrogens with one attached hydrogen (secondary N) is 1. The number of rotatable bonds is 6. The zero-order valence-electron chi connectivity index (χ0n) is 11.8. The van der Waals surface area contributed by atoms with E-state index in [1.807, 2.05) is 13.8 Å². The first kappa shape index (κ1) is 14.5. The van der Waals surface area contributed by atoms with Crippen LogP contribution in [0.15, 0.2) is 0 Å². The molecule has 1 fully saturated rings. The van der Waals surface area contributed by atoms with Gasteiger partial charge in [-0.1, -0.05) is 18.6 Å². The highest BCUT2D eigenvalue weighted by atomic mass is 16.4. The number of carboxylic acid groups (broad SMARTS) is 1. The molecule has 1 aromatic rings. The van der Waals surface area contributed by atoms with Crippen molar-refractivity contribution in [2.24, 2.45) is 0 Å². The van der Waals surface area contributed by atoms with Crippen LogP contribution in [0.3, 0.4) is 0 Å². The molecule has 0 bridgehead atoms. The SMILES string of the molecule is CCC(C)NC(=O)Cn1nnc(C(=O)O)c1C1CCC1. The second-order valence-corrected chi connectivity index (χ2v) is 5.29. The Balaban J connectivity index is 2.15. The van der Waals surface area contributed by atoms with Crippen molar-refractivity contribution in [1.82, 2.24) is 20.3 Å². The molecule has 7 nitrogen and oxygen atoms in total. The van der Waals surface area contributed by atoms with Crippen LogP contribution >= 0.6 is 0 Å². The smallest absolute Gasteiger partial charge is 0.358 e. The molecule has 1 saturated carbocycles. The lowest BCUT2D eigenvalue weighted by Crippen LogP contribution is -2.35. The molecule has 1 heterocycles. The maximum absolute atomic E-state index is 11.9. The van der Waals surface area contributed by atoms with Crippen LogP contribution in [-0.4, -0.2) is 38.0 Å². The van der Waals surface area contributed by atoms with Gasteiger partial charge < -0.3 is 10.4 Å². The predicted molar refractivity (Wildman–Crippen MR) is 71.5 cm³/mol. The summed E-state index contributed by atoms with van der Waals surface area (Å²) in [6, 6.07) is 0.0946. The van der Waals surface area contributed by atoms with Crippen LogP contribution in [0, 0.1) is 0 Å². The summed E-state index contributed by atoms with van der Waals surface area (Å²) in [4.78, 5) is 23.1. The van der Waals surface area contributed by atoms with Gasteiger partial charge in [0.2, 0.25) is 5.91 Å². The fraction of sp³-hybridized carbons (Fsp3) is 0.692. The van der Waals surface area contributed by atoms with Crippen LogP contribution in [-0.2, 0) is 11.3 Å². The molecule has 1 aliphatic rings. The first-order chi connectivity index (χ1) is 9.52. The quantitative estimate of drug-likeness (QED) is 0.815. The number of hydrogen-bond acceptors (Lipinski definition) is 4. The predicted octanol–water partition coefficient (Wildman–Crippen LogP) is 1.16. The first-order valence-electron chi connectivity index (χ1n) is 6.99. The van der Waals surface area contributed by atoms with Gasteiger partial charge in [-0.25, -0.2) is 9.48 Å². The molecule has 110 valence electrons. The Morgan fingerprint density at radius 1 is 1.50 bits per heavy atom. The molecule has 0 radical (unpaired) electrons. The van der Waals surface area contributed by atoms with Gasteiger partial charge in [0, 0.05) is 12.0 Å². The number of aromatic nitrogens is 3. The number of amides is 1. The van der Waals surface area contributed by atoms with Gasteiger partial charge in [-0.15, -0.1) is 5.10 Å². The lowest BCUT2D eigenvalue weighted by molar-refractivity contribution is -0.122. The molecule has 0 spiro atoms. The van der Waals surface area contributed by atoms with Crippen molar-refractivity contribution < 1.29 is 14.7 Å². The monoisotopic (exact) mass is 280 g/mol. The van der Waals surface area contributed by atoms with E-state index in [0.29, 0.717) is 5.69 Å². The average Bonchev–Trinajstić information content (AvgIpc) is 2.70. The van der Waals surface area contributed by atoms with Crippen LogP contribution in [0.5, 0.6) is 0 Å². The first-order valence-corrected chi connectivity index (χ1v) is 6.99. The summed E-state index contributed by atoms with van der Waals surface area (Å²) in [5.41, 5.74) is 0.564. The zero-order chi connectivity index (χ0) is 14.7. The molecule has 0 aliphatic heterocycles. The Kier molecular flexibility index (Phi) is 4.36. The molecule has 0 aromatic carbocycles. The Morgan fingerprint density at radius 3 is 2.70 bits per heavy atom. The summed E-state index contributed by atoms with van der Waals surface area (Å²) in [5.74, 6) is -1.09. The molecule has 1 aromatic heterocycles. The van der Waals surface area contributed by atoms with E-state index in [2.05, 4.69) is 15.6 Å². The van der Waals surface area contributed by atoms with E-state index in [9.17, 15) is 9.59 Å². The lowest BCUT2D eigenvalue weighted by atomic mass is 9.82. The van der Waals surface area contributed by atoms with Gasteiger partial charge >= 0.3 is 5.97 Å². The van der Waals surface area contributed by atoms with E-state index in [1.54, 1.807) is 0 Å². The molecule has 2 rings (SSSR count). The summed E-state index contributed by atoms with van der Waals surface area (Å²) >= 11 is 0. The average molecular weight is 280 g/mol. The minimum absolute atomic E-state index is 0.0222. The fourth-order valence-electron chi connectivity index (χ4n) is 2.23. The number of carbonyl (C=O) groups excluding carboxylic acids is 1. The largest absolute Gasteiger partial charge is 0.476 e. The third-order valence-corrected chi connectivity index (χ3v) is 3.78. The molecule has 2 N–H and O–H groups in total. The van der Waals surface area contributed by atoms with Gasteiger partial charge in [0.25, 0.3) is 0 Å². The van der Waals surface area contributed by atoms with E-state index in [-0.39, 0.29) is 30.1 Å². The summed E-state index contributed by atoms with van der Waals surface area (Å²) < 4.78 is 1.44. The Hall–Kier alpha value is -1.92. The number of carboxylic acids is 1. The van der Waals surface area contributed by atoms with Crippen LogP contribution < -0.4 is 5.32 Å². The molecule has 1 unspecified atom stereocenters. The van der Waals surface area contributed by atoms with E-state index in [1.165, 1.54) is 4.68 Å². The van der Waals surface area contributed by atoms with Crippen LogP contribution in [0.1, 0.15) is 61.6 Å². The van der Waals surface area contributed by atoms with Crippen molar-refractivity contribution >= 4 is 11.9 Å². The highest BCUT2D eigenvalue weighted by Crippen LogP contribution is 2.37.